The van der Waals surface area contributed by atoms with Gasteiger partial charge in [0.15, 0.2) is 0 Å². The number of pyridine rings is 1. The molecule has 2 aromatic rings. The molecule has 1 aliphatic carbocycles. The van der Waals surface area contributed by atoms with E-state index in [0.717, 1.165) is 24.1 Å². The zero-order chi connectivity index (χ0) is 13.5. The summed E-state index contributed by atoms with van der Waals surface area (Å²) >= 11 is 0. The smallest absolute Gasteiger partial charge is 0.243 e. The molecule has 0 unspecified atom stereocenters. The van der Waals surface area contributed by atoms with Gasteiger partial charge in [-0.05, 0) is 31.9 Å². The third-order valence-electron chi connectivity index (χ3n) is 3.41. The van der Waals surface area contributed by atoms with Gasteiger partial charge in [0.05, 0.1) is 11.7 Å². The first kappa shape index (κ1) is 14.9. The Morgan fingerprint density at radius 3 is 2.75 bits per heavy atom. The molecule has 7 heteroatoms. The molecule has 108 valence electrons. The van der Waals surface area contributed by atoms with E-state index in [1.165, 1.54) is 0 Å². The number of nitrogens with zero attached hydrogens (tertiary/aromatic N) is 3. The number of hydrogen-bond acceptors (Lipinski definition) is 6. The van der Waals surface area contributed by atoms with Crippen molar-refractivity contribution >= 4 is 12.4 Å². The van der Waals surface area contributed by atoms with Crippen LogP contribution in [0.4, 0.5) is 0 Å². The van der Waals surface area contributed by atoms with Gasteiger partial charge in [-0.3, -0.25) is 4.98 Å². The second kappa shape index (κ2) is 5.47. The Balaban J connectivity index is 0.00000147. The van der Waals surface area contributed by atoms with Crippen molar-refractivity contribution in [3.63, 3.8) is 0 Å². The number of nitrogens with two attached hydrogens (primary N) is 1. The first-order valence-electron chi connectivity index (χ1n) is 6.26. The van der Waals surface area contributed by atoms with E-state index in [4.69, 9.17) is 15.0 Å². The van der Waals surface area contributed by atoms with Crippen LogP contribution < -0.4 is 5.73 Å². The molecule has 2 heterocycles. The third kappa shape index (κ3) is 2.54. The van der Waals surface area contributed by atoms with Crippen molar-refractivity contribution in [1.82, 2.24) is 15.1 Å². The van der Waals surface area contributed by atoms with Gasteiger partial charge in [0.2, 0.25) is 11.7 Å². The van der Waals surface area contributed by atoms with Crippen molar-refractivity contribution < 1.29 is 9.26 Å². The lowest BCUT2D eigenvalue weighted by Crippen LogP contribution is -2.11. The minimum atomic E-state index is -0.267. The lowest BCUT2D eigenvalue weighted by atomic mass is 10.1. The summed E-state index contributed by atoms with van der Waals surface area (Å²) in [5.41, 5.74) is 7.27. The van der Waals surface area contributed by atoms with E-state index >= 15 is 0 Å². The largest absolute Gasteiger partial charge is 0.372 e. The highest BCUT2D eigenvalue weighted by Crippen LogP contribution is 2.48. The normalized spacial score (nSPS) is 17.4. The van der Waals surface area contributed by atoms with Crippen LogP contribution >= 0.6 is 12.4 Å². The Bertz CT molecular complexity index is 596. The van der Waals surface area contributed by atoms with Gasteiger partial charge in [0.1, 0.15) is 5.60 Å². The van der Waals surface area contributed by atoms with Crippen LogP contribution in [-0.2, 0) is 10.3 Å². The molecule has 0 aliphatic heterocycles. The van der Waals surface area contributed by atoms with E-state index in [1.807, 2.05) is 12.1 Å². The van der Waals surface area contributed by atoms with Crippen LogP contribution in [0.2, 0.25) is 0 Å². The standard InChI is InChI=1S/C13H16N4O2.ClH/c1-8(14)12-16-11(17-19-12)9-3-6-15-10(7-9)13(18-2)4-5-13;/h3,6-8H,4-5,14H2,1-2H3;1H/t8-;/m0./s1. The topological polar surface area (TPSA) is 87.1 Å². The van der Waals surface area contributed by atoms with Crippen molar-refractivity contribution in [2.45, 2.75) is 31.4 Å². The van der Waals surface area contributed by atoms with Crippen LogP contribution in [-0.4, -0.2) is 22.2 Å². The molecule has 2 N–H and O–H groups in total. The van der Waals surface area contributed by atoms with Crippen molar-refractivity contribution in [3.8, 4) is 11.4 Å². The van der Waals surface area contributed by atoms with Crippen LogP contribution in [0.5, 0.6) is 0 Å². The molecule has 0 amide bonds. The van der Waals surface area contributed by atoms with Gasteiger partial charge in [0, 0.05) is 18.9 Å². The molecule has 0 bridgehead atoms. The maximum atomic E-state index is 5.71. The molecule has 1 aliphatic rings. The molecule has 1 saturated carbocycles. The van der Waals surface area contributed by atoms with Crippen molar-refractivity contribution in [1.29, 1.82) is 0 Å². The van der Waals surface area contributed by atoms with Crippen molar-refractivity contribution in [2.75, 3.05) is 7.11 Å². The molecule has 0 spiro atoms. The van der Waals surface area contributed by atoms with Gasteiger partial charge >= 0.3 is 0 Å². The molecule has 1 atom stereocenters. The third-order valence-corrected chi connectivity index (χ3v) is 3.41. The van der Waals surface area contributed by atoms with Gasteiger partial charge in [0.25, 0.3) is 0 Å². The van der Waals surface area contributed by atoms with Gasteiger partial charge in [-0.15, -0.1) is 12.4 Å². The predicted octanol–water partition coefficient (Wildman–Crippen LogP) is 2.21. The minimum Gasteiger partial charge on any atom is -0.372 e. The van der Waals surface area contributed by atoms with Gasteiger partial charge in [-0.25, -0.2) is 0 Å². The lowest BCUT2D eigenvalue weighted by Gasteiger charge is -2.12. The van der Waals surface area contributed by atoms with Crippen molar-refractivity contribution in [2.24, 2.45) is 5.73 Å². The average Bonchev–Trinajstić information content (AvgIpc) is 3.07. The monoisotopic (exact) mass is 296 g/mol. The number of ether oxygens (including phenoxy) is 1. The summed E-state index contributed by atoms with van der Waals surface area (Å²) in [5.74, 6) is 0.962. The highest BCUT2D eigenvalue weighted by atomic mass is 35.5. The molecule has 20 heavy (non-hydrogen) atoms. The van der Waals surface area contributed by atoms with Gasteiger partial charge in [-0.2, -0.15) is 4.98 Å². The molecule has 6 nitrogen and oxygen atoms in total. The molecule has 2 aromatic heterocycles. The summed E-state index contributed by atoms with van der Waals surface area (Å²) in [4.78, 5) is 8.65. The molecule has 0 saturated heterocycles. The first-order chi connectivity index (χ1) is 9.14. The van der Waals surface area contributed by atoms with E-state index in [0.29, 0.717) is 11.7 Å². The van der Waals surface area contributed by atoms with Crippen molar-refractivity contribution in [3.05, 3.63) is 29.9 Å². The minimum absolute atomic E-state index is 0. The van der Waals surface area contributed by atoms with E-state index in [9.17, 15) is 0 Å². The highest BCUT2D eigenvalue weighted by Gasteiger charge is 2.46. The molecule has 0 aromatic carbocycles. The number of halogens is 1. The zero-order valence-corrected chi connectivity index (χ0v) is 12.2. The van der Waals surface area contributed by atoms with E-state index < -0.39 is 0 Å². The van der Waals surface area contributed by atoms with Crippen LogP contribution in [0.1, 0.15) is 37.4 Å². The summed E-state index contributed by atoms with van der Waals surface area (Å²) in [6, 6.07) is 3.54. The summed E-state index contributed by atoms with van der Waals surface area (Å²) in [6.45, 7) is 1.80. The van der Waals surface area contributed by atoms with Crippen LogP contribution in [0, 0.1) is 0 Å². The molecular formula is C13H17ClN4O2. The Morgan fingerprint density at radius 2 is 2.20 bits per heavy atom. The maximum absolute atomic E-state index is 5.71. The Kier molecular flexibility index (Phi) is 4.08. The number of hydrogen-bond donors (Lipinski definition) is 1. The summed E-state index contributed by atoms with van der Waals surface area (Å²) in [7, 11) is 1.71. The summed E-state index contributed by atoms with van der Waals surface area (Å²) in [6.07, 6.45) is 3.74. The van der Waals surface area contributed by atoms with Gasteiger partial charge in [-0.1, -0.05) is 5.16 Å². The average molecular weight is 297 g/mol. The van der Waals surface area contributed by atoms with Gasteiger partial charge < -0.3 is 15.0 Å². The fraction of sp³-hybridized carbons (Fsp3) is 0.462. The number of methoxy groups -OCH3 is 1. The van der Waals surface area contributed by atoms with E-state index in [1.54, 1.807) is 20.2 Å². The Morgan fingerprint density at radius 1 is 1.45 bits per heavy atom. The predicted molar refractivity (Wildman–Crippen MR) is 75.3 cm³/mol. The molecule has 1 fully saturated rings. The number of rotatable bonds is 4. The summed E-state index contributed by atoms with van der Waals surface area (Å²) in [5, 5.41) is 3.94. The fourth-order valence-electron chi connectivity index (χ4n) is 2.03. The highest BCUT2D eigenvalue weighted by molar-refractivity contribution is 5.85. The van der Waals surface area contributed by atoms with Crippen LogP contribution in [0.3, 0.4) is 0 Å². The zero-order valence-electron chi connectivity index (χ0n) is 11.4. The first-order valence-corrected chi connectivity index (χ1v) is 6.26. The number of aromatic nitrogens is 3. The maximum Gasteiger partial charge on any atom is 0.243 e. The Hall–Kier alpha value is -1.50. The molecular weight excluding hydrogens is 280 g/mol. The van der Waals surface area contributed by atoms with E-state index in [-0.39, 0.29) is 24.0 Å². The molecule has 3 rings (SSSR count). The fourth-order valence-corrected chi connectivity index (χ4v) is 2.03. The Labute approximate surface area is 123 Å². The second-order valence-corrected chi connectivity index (χ2v) is 4.87. The van der Waals surface area contributed by atoms with Crippen LogP contribution in [0.15, 0.2) is 22.9 Å². The quantitative estimate of drug-likeness (QED) is 0.930. The molecule has 0 radical (unpaired) electrons. The lowest BCUT2D eigenvalue weighted by molar-refractivity contribution is 0.0752. The van der Waals surface area contributed by atoms with Crippen LogP contribution in [0.25, 0.3) is 11.4 Å². The summed E-state index contributed by atoms with van der Waals surface area (Å²) < 4.78 is 10.6. The SMILES string of the molecule is COC1(c2cc(-c3noc([C@H](C)N)n3)ccn2)CC1.Cl. The second-order valence-electron chi connectivity index (χ2n) is 4.87. The van der Waals surface area contributed by atoms with E-state index in [2.05, 4.69) is 15.1 Å².